The predicted molar refractivity (Wildman–Crippen MR) is 49.3 cm³/mol. The molecule has 0 spiro atoms. The highest BCUT2D eigenvalue weighted by Gasteiger charge is 1.95. The zero-order valence-corrected chi connectivity index (χ0v) is 7.45. The first-order valence-electron chi connectivity index (χ1n) is 3.68. The van der Waals surface area contributed by atoms with Crippen molar-refractivity contribution in [2.75, 3.05) is 0 Å². The van der Waals surface area contributed by atoms with Gasteiger partial charge in [0, 0.05) is 18.2 Å². The Morgan fingerprint density at radius 3 is 1.33 bits per heavy atom. The van der Waals surface area contributed by atoms with Gasteiger partial charge in [0.1, 0.15) is 0 Å². The molecule has 0 saturated carbocycles. The molecule has 0 saturated heterocycles. The van der Waals surface area contributed by atoms with Crippen LogP contribution in [0, 0.1) is 0 Å². The molecule has 0 aromatic rings. The molecule has 0 unspecified atom stereocenters. The number of carbonyl (C=O) groups is 3. The van der Waals surface area contributed by atoms with Gasteiger partial charge in [-0.2, -0.15) is 0 Å². The van der Waals surface area contributed by atoms with Crippen LogP contribution < -0.4 is 0 Å². The van der Waals surface area contributed by atoms with Gasteiger partial charge in [-0.15, -0.1) is 0 Å². The minimum absolute atomic E-state index is 0.0349. The van der Waals surface area contributed by atoms with Gasteiger partial charge >= 0.3 is 17.9 Å². The van der Waals surface area contributed by atoms with Gasteiger partial charge in [0.25, 0.3) is 0 Å². The van der Waals surface area contributed by atoms with Crippen LogP contribution >= 0.6 is 0 Å². The van der Waals surface area contributed by atoms with E-state index in [4.69, 9.17) is 15.3 Å². The van der Waals surface area contributed by atoms with Gasteiger partial charge in [0.15, 0.2) is 0 Å². The summed E-state index contributed by atoms with van der Waals surface area (Å²) >= 11 is 0. The number of hydrogen-bond acceptors (Lipinski definition) is 3. The lowest BCUT2D eigenvalue weighted by molar-refractivity contribution is -0.132. The molecule has 0 rings (SSSR count). The van der Waals surface area contributed by atoms with Crippen molar-refractivity contribution in [3.8, 4) is 0 Å². The average Bonchev–Trinajstić information content (AvgIpc) is 2.08. The normalized spacial score (nSPS) is 10.4. The third kappa shape index (κ3) is 7.97. The molecule has 3 N–H and O–H groups in total. The lowest BCUT2D eigenvalue weighted by atomic mass is 10.2. The number of carboxylic acids is 3. The van der Waals surface area contributed by atoms with Crippen LogP contribution in [0.3, 0.4) is 0 Å². The fourth-order valence-corrected chi connectivity index (χ4v) is 0.629. The maximum atomic E-state index is 10.3. The van der Waals surface area contributed by atoms with E-state index in [2.05, 4.69) is 0 Å². The number of aliphatic carboxylic acids is 3. The Hall–Kier alpha value is -2.37. The van der Waals surface area contributed by atoms with Gasteiger partial charge in [-0.25, -0.2) is 14.4 Å². The molecule has 0 aromatic heterocycles. The smallest absolute Gasteiger partial charge is 0.328 e. The standard InChI is InChI=1S/C9H8O6/c10-7(11)3-1-6(5-9(14)15)2-4-8(12)13/h1-5H,(H,10,11)(H,12,13)(H,14,15). The zero-order chi connectivity index (χ0) is 11.8. The van der Waals surface area contributed by atoms with Gasteiger partial charge in [-0.1, -0.05) is 0 Å². The van der Waals surface area contributed by atoms with Crippen LogP contribution in [0.15, 0.2) is 36.0 Å². The summed E-state index contributed by atoms with van der Waals surface area (Å²) < 4.78 is 0. The van der Waals surface area contributed by atoms with Gasteiger partial charge in [0.05, 0.1) is 0 Å². The van der Waals surface area contributed by atoms with Crippen molar-refractivity contribution in [2.24, 2.45) is 0 Å². The average molecular weight is 212 g/mol. The SMILES string of the molecule is O=C(O)C=CC(C=CC(=O)O)=CC(=O)O. The van der Waals surface area contributed by atoms with Crippen LogP contribution in [0.1, 0.15) is 0 Å². The lowest BCUT2D eigenvalue weighted by Gasteiger charge is -1.90. The minimum Gasteiger partial charge on any atom is -0.478 e. The predicted octanol–water partition coefficient (Wildman–Crippen LogP) is 0.279. The monoisotopic (exact) mass is 212 g/mol. The lowest BCUT2D eigenvalue weighted by Crippen LogP contribution is -1.92. The first-order valence-corrected chi connectivity index (χ1v) is 3.68. The van der Waals surface area contributed by atoms with Crippen molar-refractivity contribution in [1.29, 1.82) is 0 Å². The van der Waals surface area contributed by atoms with Crippen LogP contribution in [0.2, 0.25) is 0 Å². The Labute approximate surface area is 84.5 Å². The quantitative estimate of drug-likeness (QED) is 0.445. The van der Waals surface area contributed by atoms with Gasteiger partial charge in [-0.3, -0.25) is 0 Å². The number of rotatable bonds is 5. The maximum Gasteiger partial charge on any atom is 0.328 e. The van der Waals surface area contributed by atoms with Crippen LogP contribution in [0.4, 0.5) is 0 Å². The summed E-state index contributed by atoms with van der Waals surface area (Å²) in [6.45, 7) is 0. The summed E-state index contributed by atoms with van der Waals surface area (Å²) in [5.41, 5.74) is -0.0349. The van der Waals surface area contributed by atoms with Crippen molar-refractivity contribution >= 4 is 17.9 Å². The molecule has 0 aromatic carbocycles. The second-order valence-electron chi connectivity index (χ2n) is 2.33. The molecular weight excluding hydrogens is 204 g/mol. The molecule has 0 bridgehead atoms. The van der Waals surface area contributed by atoms with Crippen LogP contribution in [-0.4, -0.2) is 33.2 Å². The van der Waals surface area contributed by atoms with E-state index in [-0.39, 0.29) is 5.57 Å². The van der Waals surface area contributed by atoms with E-state index in [9.17, 15) is 14.4 Å². The molecular formula is C9H8O6. The highest BCUT2D eigenvalue weighted by atomic mass is 16.4. The third-order valence-electron chi connectivity index (χ3n) is 1.13. The molecule has 0 aliphatic carbocycles. The molecule has 6 nitrogen and oxygen atoms in total. The van der Waals surface area contributed by atoms with Crippen molar-refractivity contribution in [3.05, 3.63) is 36.0 Å². The highest BCUT2D eigenvalue weighted by Crippen LogP contribution is 1.99. The van der Waals surface area contributed by atoms with Crippen molar-refractivity contribution in [3.63, 3.8) is 0 Å². The molecule has 0 aliphatic rings. The molecule has 6 heteroatoms. The largest absolute Gasteiger partial charge is 0.478 e. The first kappa shape index (κ1) is 12.6. The molecule has 0 radical (unpaired) electrons. The van der Waals surface area contributed by atoms with Crippen molar-refractivity contribution < 1.29 is 29.7 Å². The summed E-state index contributed by atoms with van der Waals surface area (Å²) in [6, 6.07) is 0. The number of allylic oxidation sites excluding steroid dienone is 3. The molecule has 0 atom stereocenters. The summed E-state index contributed by atoms with van der Waals surface area (Å²) in [5.74, 6) is -3.81. The Kier molecular flexibility index (Phi) is 5.17. The summed E-state index contributed by atoms with van der Waals surface area (Å²) in [4.78, 5) is 30.5. The van der Waals surface area contributed by atoms with E-state index in [1.807, 2.05) is 0 Å². The third-order valence-corrected chi connectivity index (χ3v) is 1.13. The number of carboxylic acid groups (broad SMARTS) is 3. The molecule has 0 amide bonds. The fourth-order valence-electron chi connectivity index (χ4n) is 0.629. The first-order chi connectivity index (χ1) is 6.91. The van der Waals surface area contributed by atoms with E-state index < -0.39 is 17.9 Å². The second kappa shape index (κ2) is 6.14. The van der Waals surface area contributed by atoms with Gasteiger partial charge in [0.2, 0.25) is 0 Å². The number of hydrogen-bond donors (Lipinski definition) is 3. The summed E-state index contributed by atoms with van der Waals surface area (Å²) in [7, 11) is 0. The molecule has 0 heterocycles. The fraction of sp³-hybridized carbons (Fsp3) is 0. The molecule has 0 aliphatic heterocycles. The van der Waals surface area contributed by atoms with Crippen molar-refractivity contribution in [2.45, 2.75) is 0 Å². The van der Waals surface area contributed by atoms with Crippen molar-refractivity contribution in [1.82, 2.24) is 0 Å². The topological polar surface area (TPSA) is 112 Å². The van der Waals surface area contributed by atoms with Gasteiger partial charge in [-0.05, 0) is 17.7 Å². The second-order valence-corrected chi connectivity index (χ2v) is 2.33. The van der Waals surface area contributed by atoms with Crippen LogP contribution in [-0.2, 0) is 14.4 Å². The Bertz CT molecular complexity index is 335. The Morgan fingerprint density at radius 1 is 0.667 bits per heavy atom. The molecule has 80 valence electrons. The molecule has 15 heavy (non-hydrogen) atoms. The van der Waals surface area contributed by atoms with E-state index in [1.165, 1.54) is 0 Å². The van der Waals surface area contributed by atoms with Crippen LogP contribution in [0.25, 0.3) is 0 Å². The van der Waals surface area contributed by atoms with Gasteiger partial charge < -0.3 is 15.3 Å². The Morgan fingerprint density at radius 2 is 1.07 bits per heavy atom. The van der Waals surface area contributed by atoms with E-state index >= 15 is 0 Å². The van der Waals surface area contributed by atoms with Crippen LogP contribution in [0.5, 0.6) is 0 Å². The van der Waals surface area contributed by atoms with E-state index in [0.29, 0.717) is 18.2 Å². The summed E-state index contributed by atoms with van der Waals surface area (Å²) in [6.07, 6.45) is 4.08. The maximum absolute atomic E-state index is 10.3. The Balaban J connectivity index is 4.83. The summed E-state index contributed by atoms with van der Waals surface area (Å²) in [5, 5.41) is 24.9. The minimum atomic E-state index is -1.30. The highest BCUT2D eigenvalue weighted by molar-refractivity contribution is 5.86. The van der Waals surface area contributed by atoms with E-state index in [0.717, 1.165) is 12.2 Å². The molecule has 0 fully saturated rings. The van der Waals surface area contributed by atoms with E-state index in [1.54, 1.807) is 0 Å². The zero-order valence-electron chi connectivity index (χ0n) is 7.45.